The fourth-order valence-corrected chi connectivity index (χ4v) is 3.07. The Morgan fingerprint density at radius 3 is 2.43 bits per heavy atom. The number of benzene rings is 2. The minimum absolute atomic E-state index is 0.124. The largest absolute Gasteiger partial charge is 0.494 e. The zero-order valence-electron chi connectivity index (χ0n) is 11.3. The number of sulfonamides is 1. The number of anilines is 2. The Kier molecular flexibility index (Phi) is 4.59. The van der Waals surface area contributed by atoms with Gasteiger partial charge in [0.1, 0.15) is 5.75 Å². The number of hydrogen-bond acceptors (Lipinski definition) is 4. The molecule has 0 aliphatic heterocycles. The van der Waals surface area contributed by atoms with Crippen LogP contribution in [0.5, 0.6) is 5.75 Å². The van der Waals surface area contributed by atoms with Crippen LogP contribution in [-0.2, 0) is 10.0 Å². The van der Waals surface area contributed by atoms with Gasteiger partial charge in [-0.1, -0.05) is 11.6 Å². The minimum Gasteiger partial charge on any atom is -0.494 e. The second-order valence-corrected chi connectivity index (χ2v) is 6.34. The molecule has 2 aromatic carbocycles. The standard InChI is InChI=1S/C14H15ClN2O3S/c1-2-20-11-4-6-12(7-5-11)21(18,19)17-14-8-3-10(16)9-13(14)15/h3-9,17H,2,16H2,1H3. The smallest absolute Gasteiger partial charge is 0.261 e. The molecule has 0 bridgehead atoms. The van der Waals surface area contributed by atoms with Crippen LogP contribution in [0, 0.1) is 0 Å². The van der Waals surface area contributed by atoms with Crippen LogP contribution in [0.25, 0.3) is 0 Å². The lowest BCUT2D eigenvalue weighted by molar-refractivity contribution is 0.340. The molecular formula is C14H15ClN2O3S. The maximum atomic E-state index is 12.3. The third kappa shape index (κ3) is 3.80. The first kappa shape index (κ1) is 15.5. The molecule has 0 heterocycles. The monoisotopic (exact) mass is 326 g/mol. The summed E-state index contributed by atoms with van der Waals surface area (Å²) in [6, 6.07) is 10.7. The highest BCUT2D eigenvalue weighted by Crippen LogP contribution is 2.27. The molecule has 0 aliphatic carbocycles. The quantitative estimate of drug-likeness (QED) is 0.827. The van der Waals surface area contributed by atoms with Gasteiger partial charge in [0.15, 0.2) is 0 Å². The van der Waals surface area contributed by atoms with Crippen molar-refractivity contribution in [1.82, 2.24) is 0 Å². The second-order valence-electron chi connectivity index (χ2n) is 4.25. The molecule has 21 heavy (non-hydrogen) atoms. The van der Waals surface area contributed by atoms with E-state index in [2.05, 4.69) is 4.72 Å². The first-order valence-electron chi connectivity index (χ1n) is 6.23. The number of nitrogen functional groups attached to an aromatic ring is 1. The van der Waals surface area contributed by atoms with Gasteiger partial charge in [0.25, 0.3) is 10.0 Å². The molecule has 0 spiro atoms. The molecular weight excluding hydrogens is 312 g/mol. The Bertz CT molecular complexity index is 730. The summed E-state index contributed by atoms with van der Waals surface area (Å²) >= 11 is 5.96. The van der Waals surface area contributed by atoms with Gasteiger partial charge in [0.05, 0.1) is 22.2 Å². The van der Waals surface area contributed by atoms with Gasteiger partial charge in [-0.2, -0.15) is 0 Å². The molecule has 0 saturated heterocycles. The molecule has 0 radical (unpaired) electrons. The van der Waals surface area contributed by atoms with Crippen molar-refractivity contribution >= 4 is 33.0 Å². The second kappa shape index (κ2) is 6.24. The van der Waals surface area contributed by atoms with Gasteiger partial charge < -0.3 is 10.5 Å². The number of nitrogens with one attached hydrogen (secondary N) is 1. The lowest BCUT2D eigenvalue weighted by atomic mass is 10.3. The molecule has 0 unspecified atom stereocenters. The van der Waals surface area contributed by atoms with E-state index in [9.17, 15) is 8.42 Å². The van der Waals surface area contributed by atoms with Crippen molar-refractivity contribution in [3.05, 3.63) is 47.5 Å². The SMILES string of the molecule is CCOc1ccc(S(=O)(=O)Nc2ccc(N)cc2Cl)cc1. The van der Waals surface area contributed by atoms with Gasteiger partial charge in [-0.25, -0.2) is 8.42 Å². The van der Waals surface area contributed by atoms with Crippen LogP contribution in [0.4, 0.5) is 11.4 Å². The lowest BCUT2D eigenvalue weighted by Crippen LogP contribution is -2.13. The van der Waals surface area contributed by atoms with Crippen LogP contribution in [0.3, 0.4) is 0 Å². The van der Waals surface area contributed by atoms with Crippen LogP contribution < -0.4 is 15.2 Å². The van der Waals surface area contributed by atoms with E-state index in [0.717, 1.165) is 0 Å². The highest BCUT2D eigenvalue weighted by Gasteiger charge is 2.15. The van der Waals surface area contributed by atoms with Crippen molar-refractivity contribution in [3.8, 4) is 5.75 Å². The first-order chi connectivity index (χ1) is 9.92. The van der Waals surface area contributed by atoms with Crippen molar-refractivity contribution in [1.29, 1.82) is 0 Å². The van der Waals surface area contributed by atoms with E-state index in [1.54, 1.807) is 18.2 Å². The Morgan fingerprint density at radius 2 is 1.86 bits per heavy atom. The molecule has 2 aromatic rings. The molecule has 0 fully saturated rings. The van der Waals surface area contributed by atoms with E-state index in [-0.39, 0.29) is 15.6 Å². The Morgan fingerprint density at radius 1 is 1.19 bits per heavy atom. The lowest BCUT2D eigenvalue weighted by Gasteiger charge is -2.10. The summed E-state index contributed by atoms with van der Waals surface area (Å²) in [5, 5.41) is 0.240. The summed E-state index contributed by atoms with van der Waals surface area (Å²) in [5.41, 5.74) is 6.31. The fourth-order valence-electron chi connectivity index (χ4n) is 1.70. The summed E-state index contributed by atoms with van der Waals surface area (Å²) < 4.78 is 32.2. The molecule has 0 amide bonds. The molecule has 112 valence electrons. The van der Waals surface area contributed by atoms with Crippen molar-refractivity contribution < 1.29 is 13.2 Å². The average molecular weight is 327 g/mol. The van der Waals surface area contributed by atoms with Crippen LogP contribution >= 0.6 is 11.6 Å². The van der Waals surface area contributed by atoms with Gasteiger partial charge in [-0.15, -0.1) is 0 Å². The Hall–Kier alpha value is -1.92. The number of halogens is 1. The van der Waals surface area contributed by atoms with Gasteiger partial charge >= 0.3 is 0 Å². The van der Waals surface area contributed by atoms with E-state index in [1.807, 2.05) is 6.92 Å². The van der Waals surface area contributed by atoms with Crippen molar-refractivity contribution in [3.63, 3.8) is 0 Å². The fraction of sp³-hybridized carbons (Fsp3) is 0.143. The van der Waals surface area contributed by atoms with Crippen LogP contribution in [0.15, 0.2) is 47.4 Å². The molecule has 0 saturated carbocycles. The highest BCUT2D eigenvalue weighted by molar-refractivity contribution is 7.92. The summed E-state index contributed by atoms with van der Waals surface area (Å²) in [6.45, 7) is 2.38. The topological polar surface area (TPSA) is 81.4 Å². The van der Waals surface area contributed by atoms with Crippen molar-refractivity contribution in [2.75, 3.05) is 17.1 Å². The predicted molar refractivity (Wildman–Crippen MR) is 84.3 cm³/mol. The summed E-state index contributed by atoms with van der Waals surface area (Å²) in [7, 11) is -3.71. The molecule has 0 aromatic heterocycles. The van der Waals surface area contributed by atoms with Crippen LogP contribution in [0.2, 0.25) is 5.02 Å². The molecule has 7 heteroatoms. The molecule has 3 N–H and O–H groups in total. The number of nitrogens with two attached hydrogens (primary N) is 1. The van der Waals surface area contributed by atoms with Gasteiger partial charge in [-0.05, 0) is 49.4 Å². The van der Waals surface area contributed by atoms with E-state index < -0.39 is 10.0 Å². The molecule has 2 rings (SSSR count). The normalized spacial score (nSPS) is 11.1. The van der Waals surface area contributed by atoms with E-state index in [1.165, 1.54) is 24.3 Å². The summed E-state index contributed by atoms with van der Waals surface area (Å²) in [4.78, 5) is 0.124. The van der Waals surface area contributed by atoms with Gasteiger partial charge in [-0.3, -0.25) is 4.72 Å². The van der Waals surface area contributed by atoms with Crippen molar-refractivity contribution in [2.24, 2.45) is 0 Å². The molecule has 0 atom stereocenters. The third-order valence-corrected chi connectivity index (χ3v) is 4.38. The zero-order valence-corrected chi connectivity index (χ0v) is 12.9. The maximum Gasteiger partial charge on any atom is 0.261 e. The Labute approximate surface area is 128 Å². The maximum absolute atomic E-state index is 12.3. The van der Waals surface area contributed by atoms with Crippen LogP contribution in [0.1, 0.15) is 6.92 Å². The number of rotatable bonds is 5. The van der Waals surface area contributed by atoms with E-state index >= 15 is 0 Å². The molecule has 5 nitrogen and oxygen atoms in total. The van der Waals surface area contributed by atoms with E-state index in [0.29, 0.717) is 18.0 Å². The highest BCUT2D eigenvalue weighted by atomic mass is 35.5. The number of ether oxygens (including phenoxy) is 1. The first-order valence-corrected chi connectivity index (χ1v) is 8.09. The van der Waals surface area contributed by atoms with Crippen LogP contribution in [-0.4, -0.2) is 15.0 Å². The average Bonchev–Trinajstić information content (AvgIpc) is 2.43. The van der Waals surface area contributed by atoms with Gasteiger partial charge in [0, 0.05) is 5.69 Å². The third-order valence-electron chi connectivity index (χ3n) is 2.68. The van der Waals surface area contributed by atoms with Gasteiger partial charge in [0.2, 0.25) is 0 Å². The van der Waals surface area contributed by atoms with E-state index in [4.69, 9.17) is 22.1 Å². The number of hydrogen-bond donors (Lipinski definition) is 2. The van der Waals surface area contributed by atoms with Crippen molar-refractivity contribution in [2.45, 2.75) is 11.8 Å². The zero-order chi connectivity index (χ0) is 15.5. The summed E-state index contributed by atoms with van der Waals surface area (Å²) in [6.07, 6.45) is 0. The summed E-state index contributed by atoms with van der Waals surface area (Å²) in [5.74, 6) is 0.613. The molecule has 0 aliphatic rings. The predicted octanol–water partition coefficient (Wildman–Crippen LogP) is 3.12. The Balaban J connectivity index is 2.25. The minimum atomic E-state index is -3.71.